The number of fused-ring (bicyclic) bond motifs is 8. The molecule has 1 aromatic heterocycles. The van der Waals surface area contributed by atoms with E-state index >= 15 is 0 Å². The average Bonchev–Trinajstić information content (AvgIpc) is 3.26. The quantitative estimate of drug-likeness (QED) is 0.215. The van der Waals surface area contributed by atoms with Crippen LogP contribution in [0, 0.1) is 0 Å². The summed E-state index contributed by atoms with van der Waals surface area (Å²) in [7, 11) is 0. The van der Waals surface area contributed by atoms with Gasteiger partial charge in [0, 0.05) is 16.2 Å². The van der Waals surface area contributed by atoms with Crippen molar-refractivity contribution >= 4 is 43.4 Å². The smallest absolute Gasteiger partial charge is 0.0582 e. The van der Waals surface area contributed by atoms with Crippen LogP contribution >= 0.6 is 0 Å². The molecule has 170 valence electrons. The molecule has 6 aromatic carbocycles. The van der Waals surface area contributed by atoms with Gasteiger partial charge in [-0.2, -0.15) is 0 Å². The van der Waals surface area contributed by atoms with Crippen molar-refractivity contribution in [2.75, 3.05) is 0 Å². The topological polar surface area (TPSA) is 4.93 Å². The maximum absolute atomic E-state index is 2.49. The Labute approximate surface area is 210 Å². The summed E-state index contributed by atoms with van der Waals surface area (Å²) < 4.78 is 2.49. The monoisotopic (exact) mass is 459 g/mol. The number of para-hydroxylation sites is 2. The second kappa shape index (κ2) is 6.86. The summed E-state index contributed by atoms with van der Waals surface area (Å²) in [4.78, 5) is 0. The molecule has 1 aliphatic heterocycles. The highest BCUT2D eigenvalue weighted by molar-refractivity contribution is 6.16. The first kappa shape index (κ1) is 19.9. The summed E-state index contributed by atoms with van der Waals surface area (Å²) in [5.41, 5.74) is 9.20. The van der Waals surface area contributed by atoms with Gasteiger partial charge in [0.25, 0.3) is 0 Å². The van der Waals surface area contributed by atoms with E-state index in [9.17, 15) is 0 Å². The van der Waals surface area contributed by atoms with Crippen molar-refractivity contribution in [1.82, 2.24) is 4.57 Å². The van der Waals surface area contributed by atoms with Crippen molar-refractivity contribution in [3.05, 3.63) is 126 Å². The average molecular weight is 460 g/mol. The molecule has 0 atom stereocenters. The Kier molecular flexibility index (Phi) is 3.79. The second-order valence-corrected chi connectivity index (χ2v) is 10.6. The molecular weight excluding hydrogens is 434 g/mol. The third-order valence-corrected chi connectivity index (χ3v) is 8.36. The maximum Gasteiger partial charge on any atom is 0.0582 e. The number of rotatable bonds is 1. The molecule has 1 nitrogen and oxygen atoms in total. The summed E-state index contributed by atoms with van der Waals surface area (Å²) in [6, 6.07) is 42.7. The maximum atomic E-state index is 2.49. The largest absolute Gasteiger partial charge is 0.309 e. The zero-order valence-corrected chi connectivity index (χ0v) is 20.4. The standard InChI is InChI=1S/C35H25N/c1-35(2)30-15-7-8-17-33(30)36-32-19-18-23(21-29(32)27-14-9-16-31(35)34(27)36)28-20-22-10-3-4-11-24(22)25-12-5-6-13-26(25)28/h3-21H,1-2H3. The molecule has 0 N–H and O–H groups in total. The summed E-state index contributed by atoms with van der Waals surface area (Å²) in [6.07, 6.45) is 0. The third kappa shape index (κ3) is 2.45. The lowest BCUT2D eigenvalue weighted by molar-refractivity contribution is 0.630. The Balaban J connectivity index is 1.49. The van der Waals surface area contributed by atoms with Gasteiger partial charge in [0.1, 0.15) is 0 Å². The van der Waals surface area contributed by atoms with Crippen molar-refractivity contribution in [1.29, 1.82) is 0 Å². The zero-order valence-electron chi connectivity index (χ0n) is 20.4. The molecule has 36 heavy (non-hydrogen) atoms. The molecule has 0 amide bonds. The van der Waals surface area contributed by atoms with E-state index in [4.69, 9.17) is 0 Å². The Morgan fingerprint density at radius 2 is 1.22 bits per heavy atom. The summed E-state index contributed by atoms with van der Waals surface area (Å²) in [6.45, 7) is 4.71. The second-order valence-electron chi connectivity index (χ2n) is 10.6. The van der Waals surface area contributed by atoms with E-state index < -0.39 is 0 Å². The normalized spacial score (nSPS) is 14.1. The molecular formula is C35H25N. The summed E-state index contributed by atoms with van der Waals surface area (Å²) >= 11 is 0. The van der Waals surface area contributed by atoms with Gasteiger partial charge in [-0.1, -0.05) is 105 Å². The predicted octanol–water partition coefficient (Wildman–Crippen LogP) is 9.40. The highest BCUT2D eigenvalue weighted by atomic mass is 15.0. The fourth-order valence-corrected chi connectivity index (χ4v) is 6.63. The van der Waals surface area contributed by atoms with Gasteiger partial charge in [0.05, 0.1) is 16.7 Å². The Hall–Kier alpha value is -4.36. The number of benzene rings is 6. The molecule has 0 unspecified atom stereocenters. The SMILES string of the molecule is CC1(C)c2ccccc2-n2c3ccc(-c4cc5ccccc5c5ccccc45)cc3c3cccc1c32. The van der Waals surface area contributed by atoms with Crippen molar-refractivity contribution in [3.63, 3.8) is 0 Å². The molecule has 0 spiro atoms. The van der Waals surface area contributed by atoms with E-state index in [1.165, 1.54) is 71.3 Å². The molecule has 0 bridgehead atoms. The Morgan fingerprint density at radius 3 is 2.11 bits per heavy atom. The van der Waals surface area contributed by atoms with Gasteiger partial charge in [0.2, 0.25) is 0 Å². The van der Waals surface area contributed by atoms with E-state index in [0.717, 1.165) is 0 Å². The van der Waals surface area contributed by atoms with Crippen LogP contribution in [0.25, 0.3) is 60.2 Å². The van der Waals surface area contributed by atoms with E-state index in [1.807, 2.05) is 0 Å². The minimum Gasteiger partial charge on any atom is -0.309 e. The van der Waals surface area contributed by atoms with Gasteiger partial charge in [-0.05, 0) is 68.1 Å². The lowest BCUT2D eigenvalue weighted by atomic mass is 9.75. The number of hydrogen-bond donors (Lipinski definition) is 0. The van der Waals surface area contributed by atoms with Crippen LogP contribution in [-0.2, 0) is 5.41 Å². The third-order valence-electron chi connectivity index (χ3n) is 8.36. The van der Waals surface area contributed by atoms with E-state index in [-0.39, 0.29) is 5.41 Å². The number of aromatic nitrogens is 1. The lowest BCUT2D eigenvalue weighted by Gasteiger charge is -2.34. The first-order valence-corrected chi connectivity index (χ1v) is 12.7. The van der Waals surface area contributed by atoms with Gasteiger partial charge in [-0.3, -0.25) is 0 Å². The number of nitrogens with zero attached hydrogens (tertiary/aromatic N) is 1. The minimum absolute atomic E-state index is 0.0438. The van der Waals surface area contributed by atoms with Gasteiger partial charge in [-0.25, -0.2) is 0 Å². The van der Waals surface area contributed by atoms with Gasteiger partial charge in [0.15, 0.2) is 0 Å². The van der Waals surface area contributed by atoms with Crippen molar-refractivity contribution < 1.29 is 0 Å². The van der Waals surface area contributed by atoms with Gasteiger partial charge in [-0.15, -0.1) is 0 Å². The molecule has 8 rings (SSSR count). The highest BCUT2D eigenvalue weighted by Crippen LogP contribution is 2.48. The molecule has 0 saturated heterocycles. The molecule has 0 radical (unpaired) electrons. The van der Waals surface area contributed by atoms with Crippen molar-refractivity contribution in [3.8, 4) is 16.8 Å². The Bertz CT molecular complexity index is 2020. The van der Waals surface area contributed by atoms with Crippen LogP contribution in [0.3, 0.4) is 0 Å². The van der Waals surface area contributed by atoms with Crippen LogP contribution in [-0.4, -0.2) is 4.57 Å². The van der Waals surface area contributed by atoms with Crippen LogP contribution in [0.15, 0.2) is 115 Å². The van der Waals surface area contributed by atoms with Crippen LogP contribution in [0.5, 0.6) is 0 Å². The zero-order chi connectivity index (χ0) is 24.0. The minimum atomic E-state index is -0.0438. The van der Waals surface area contributed by atoms with E-state index in [1.54, 1.807) is 0 Å². The molecule has 7 aromatic rings. The lowest BCUT2D eigenvalue weighted by Crippen LogP contribution is -2.26. The predicted molar refractivity (Wildman–Crippen MR) is 153 cm³/mol. The molecule has 1 aliphatic rings. The molecule has 2 heterocycles. The first-order valence-electron chi connectivity index (χ1n) is 12.7. The summed E-state index contributed by atoms with van der Waals surface area (Å²) in [5.74, 6) is 0. The molecule has 1 heteroatoms. The fraction of sp³-hybridized carbons (Fsp3) is 0.0857. The van der Waals surface area contributed by atoms with Crippen LogP contribution in [0.4, 0.5) is 0 Å². The van der Waals surface area contributed by atoms with Crippen molar-refractivity contribution in [2.45, 2.75) is 19.3 Å². The van der Waals surface area contributed by atoms with Gasteiger partial charge >= 0.3 is 0 Å². The molecule has 0 saturated carbocycles. The number of hydrogen-bond acceptors (Lipinski definition) is 0. The first-order chi connectivity index (χ1) is 17.6. The fourth-order valence-electron chi connectivity index (χ4n) is 6.63. The summed E-state index contributed by atoms with van der Waals surface area (Å²) in [5, 5.41) is 7.85. The van der Waals surface area contributed by atoms with Crippen LogP contribution in [0.1, 0.15) is 25.0 Å². The molecule has 0 aliphatic carbocycles. The van der Waals surface area contributed by atoms with Crippen molar-refractivity contribution in [2.24, 2.45) is 0 Å². The van der Waals surface area contributed by atoms with Gasteiger partial charge < -0.3 is 4.57 Å². The van der Waals surface area contributed by atoms with E-state index in [2.05, 4.69) is 134 Å². The molecule has 0 fully saturated rings. The highest BCUT2D eigenvalue weighted by Gasteiger charge is 2.34. The van der Waals surface area contributed by atoms with Crippen LogP contribution in [0.2, 0.25) is 0 Å². The Morgan fingerprint density at radius 1 is 0.528 bits per heavy atom. The van der Waals surface area contributed by atoms with E-state index in [0.29, 0.717) is 0 Å². The van der Waals surface area contributed by atoms with Crippen LogP contribution < -0.4 is 0 Å².